The zero-order valence-electron chi connectivity index (χ0n) is 13.3. The Balaban J connectivity index is 1.70. The van der Waals surface area contributed by atoms with E-state index in [0.717, 1.165) is 30.7 Å². The molecular weight excluding hydrogens is 304 g/mol. The molecule has 0 radical (unpaired) electrons. The van der Waals surface area contributed by atoms with Gasteiger partial charge in [0.1, 0.15) is 11.9 Å². The van der Waals surface area contributed by atoms with Gasteiger partial charge in [0.25, 0.3) is 5.91 Å². The summed E-state index contributed by atoms with van der Waals surface area (Å²) in [6.45, 7) is 1.33. The van der Waals surface area contributed by atoms with Crippen LogP contribution in [0, 0.1) is 0 Å². The summed E-state index contributed by atoms with van der Waals surface area (Å²) >= 11 is 0. The molecule has 2 aliphatic rings. The number of anilines is 1. The molecule has 5 heteroatoms. The van der Waals surface area contributed by atoms with Crippen molar-refractivity contribution in [3.05, 3.63) is 59.7 Å². The third-order valence-corrected chi connectivity index (χ3v) is 4.66. The highest BCUT2D eigenvalue weighted by atomic mass is 16.5. The third-order valence-electron chi connectivity index (χ3n) is 4.66. The number of rotatable bonds is 3. The van der Waals surface area contributed by atoms with Crippen molar-refractivity contribution >= 4 is 11.6 Å². The summed E-state index contributed by atoms with van der Waals surface area (Å²) in [4.78, 5) is 14.9. The van der Waals surface area contributed by atoms with Gasteiger partial charge in [-0.05, 0) is 42.7 Å². The Morgan fingerprint density at radius 3 is 2.71 bits per heavy atom. The minimum atomic E-state index is -0.266. The maximum atomic E-state index is 13.0. The number of hydrogen-bond acceptors (Lipinski definition) is 4. The molecule has 1 amide bonds. The summed E-state index contributed by atoms with van der Waals surface area (Å²) in [6, 6.07) is 14.5. The number of phenols is 1. The van der Waals surface area contributed by atoms with Crippen LogP contribution in [0.2, 0.25) is 0 Å². The summed E-state index contributed by atoms with van der Waals surface area (Å²) < 4.78 is 5.73. The van der Waals surface area contributed by atoms with Crippen molar-refractivity contribution in [2.24, 2.45) is 0 Å². The Morgan fingerprint density at radius 2 is 1.96 bits per heavy atom. The fourth-order valence-electron chi connectivity index (χ4n) is 3.41. The fourth-order valence-corrected chi connectivity index (χ4v) is 3.41. The molecule has 0 aromatic heterocycles. The van der Waals surface area contributed by atoms with Crippen LogP contribution in [-0.4, -0.2) is 35.2 Å². The lowest BCUT2D eigenvalue weighted by atomic mass is 10.0. The highest BCUT2D eigenvalue weighted by molar-refractivity contribution is 6.01. The van der Waals surface area contributed by atoms with Crippen LogP contribution in [0.25, 0.3) is 0 Å². The first kappa shape index (κ1) is 15.0. The van der Waals surface area contributed by atoms with Crippen molar-refractivity contribution in [2.75, 3.05) is 18.5 Å². The molecule has 0 aliphatic carbocycles. The molecular formula is C19H20N2O3. The monoisotopic (exact) mass is 324 g/mol. The Morgan fingerprint density at radius 1 is 1.17 bits per heavy atom. The average Bonchev–Trinajstić information content (AvgIpc) is 3.11. The van der Waals surface area contributed by atoms with Crippen molar-refractivity contribution in [3.8, 4) is 5.75 Å². The van der Waals surface area contributed by atoms with Crippen LogP contribution >= 0.6 is 0 Å². The first-order chi connectivity index (χ1) is 11.7. The number of para-hydroxylation sites is 1. The van der Waals surface area contributed by atoms with Crippen LogP contribution in [-0.2, 0) is 4.74 Å². The minimum absolute atomic E-state index is 0.0120. The van der Waals surface area contributed by atoms with E-state index < -0.39 is 0 Å². The summed E-state index contributed by atoms with van der Waals surface area (Å²) in [5.41, 5.74) is 2.46. The average molecular weight is 324 g/mol. The molecule has 2 atom stereocenters. The Kier molecular flexibility index (Phi) is 3.86. The predicted octanol–water partition coefficient (Wildman–Crippen LogP) is 3.14. The SMILES string of the molecule is O=C1c2ccccc2N[C@H](c2ccc(O)cc2)N1C[C@H]1CCCO1. The summed E-state index contributed by atoms with van der Waals surface area (Å²) in [7, 11) is 0. The maximum Gasteiger partial charge on any atom is 0.257 e. The maximum absolute atomic E-state index is 13.0. The van der Waals surface area contributed by atoms with E-state index in [0.29, 0.717) is 12.1 Å². The molecule has 2 aromatic carbocycles. The molecule has 4 rings (SSSR count). The summed E-state index contributed by atoms with van der Waals surface area (Å²) in [5.74, 6) is 0.227. The Hall–Kier alpha value is -2.53. The lowest BCUT2D eigenvalue weighted by Gasteiger charge is -2.39. The van der Waals surface area contributed by atoms with Crippen LogP contribution in [0.3, 0.4) is 0 Å². The van der Waals surface area contributed by atoms with E-state index in [9.17, 15) is 9.90 Å². The number of carbonyl (C=O) groups is 1. The van der Waals surface area contributed by atoms with Crippen LogP contribution in [0.15, 0.2) is 48.5 Å². The van der Waals surface area contributed by atoms with Crippen LogP contribution in [0.1, 0.15) is 34.9 Å². The molecule has 0 unspecified atom stereocenters. The third kappa shape index (κ3) is 2.71. The topological polar surface area (TPSA) is 61.8 Å². The number of carbonyl (C=O) groups excluding carboxylic acids is 1. The van der Waals surface area contributed by atoms with E-state index in [-0.39, 0.29) is 23.9 Å². The van der Waals surface area contributed by atoms with Gasteiger partial charge in [0.2, 0.25) is 0 Å². The van der Waals surface area contributed by atoms with Crippen LogP contribution < -0.4 is 5.32 Å². The van der Waals surface area contributed by atoms with Gasteiger partial charge in [0.15, 0.2) is 0 Å². The van der Waals surface area contributed by atoms with Crippen LogP contribution in [0.4, 0.5) is 5.69 Å². The van der Waals surface area contributed by atoms with Gasteiger partial charge in [-0.3, -0.25) is 4.79 Å². The standard InChI is InChI=1S/C19H20N2O3/c22-14-9-7-13(8-10-14)18-20-17-6-2-1-5-16(17)19(23)21(18)12-15-4-3-11-24-15/h1-2,5-10,15,18,20,22H,3-4,11-12H2/t15-,18+/m1/s1. The van der Waals surface area contributed by atoms with Gasteiger partial charge >= 0.3 is 0 Å². The zero-order valence-corrected chi connectivity index (χ0v) is 13.3. The number of nitrogens with one attached hydrogen (secondary N) is 1. The molecule has 24 heavy (non-hydrogen) atoms. The lowest BCUT2D eigenvalue weighted by molar-refractivity contribution is 0.0427. The molecule has 2 aromatic rings. The van der Waals surface area contributed by atoms with Gasteiger partial charge < -0.3 is 20.1 Å². The number of amides is 1. The van der Waals surface area contributed by atoms with Crippen molar-refractivity contribution in [1.82, 2.24) is 4.90 Å². The van der Waals surface area contributed by atoms with Crippen molar-refractivity contribution < 1.29 is 14.6 Å². The van der Waals surface area contributed by atoms with E-state index in [1.54, 1.807) is 12.1 Å². The second-order valence-corrected chi connectivity index (χ2v) is 6.28. The highest BCUT2D eigenvalue weighted by Gasteiger charge is 2.35. The van der Waals surface area contributed by atoms with Crippen LogP contribution in [0.5, 0.6) is 5.75 Å². The number of fused-ring (bicyclic) bond motifs is 1. The van der Waals surface area contributed by atoms with E-state index in [1.165, 1.54) is 0 Å². The van der Waals surface area contributed by atoms with Crippen molar-refractivity contribution in [1.29, 1.82) is 0 Å². The van der Waals surface area contributed by atoms with Crippen molar-refractivity contribution in [3.63, 3.8) is 0 Å². The molecule has 2 aliphatic heterocycles. The van der Waals surface area contributed by atoms with E-state index in [1.807, 2.05) is 41.3 Å². The first-order valence-corrected chi connectivity index (χ1v) is 8.29. The number of ether oxygens (including phenoxy) is 1. The Labute approximate surface area is 140 Å². The number of benzene rings is 2. The number of phenolic OH excluding ortho intramolecular Hbond substituents is 1. The van der Waals surface area contributed by atoms with Gasteiger partial charge in [-0.1, -0.05) is 24.3 Å². The highest BCUT2D eigenvalue weighted by Crippen LogP contribution is 2.34. The normalized spacial score (nSPS) is 23.0. The largest absolute Gasteiger partial charge is 0.508 e. The summed E-state index contributed by atoms with van der Waals surface area (Å²) in [5, 5.41) is 13.0. The lowest BCUT2D eigenvalue weighted by Crippen LogP contribution is -2.46. The van der Waals surface area contributed by atoms with Gasteiger partial charge in [0.05, 0.1) is 11.7 Å². The molecule has 0 spiro atoms. The molecule has 1 fully saturated rings. The summed E-state index contributed by atoms with van der Waals surface area (Å²) in [6.07, 6.45) is 1.84. The number of nitrogens with zero attached hydrogens (tertiary/aromatic N) is 1. The Bertz CT molecular complexity index is 739. The van der Waals surface area contributed by atoms with Gasteiger partial charge in [-0.15, -0.1) is 0 Å². The smallest absolute Gasteiger partial charge is 0.257 e. The van der Waals surface area contributed by atoms with Gasteiger partial charge in [0, 0.05) is 18.8 Å². The number of hydrogen-bond donors (Lipinski definition) is 2. The second-order valence-electron chi connectivity index (χ2n) is 6.28. The van der Waals surface area contributed by atoms with Crippen molar-refractivity contribution in [2.45, 2.75) is 25.1 Å². The molecule has 0 bridgehead atoms. The zero-order chi connectivity index (χ0) is 16.5. The molecule has 1 saturated heterocycles. The number of aromatic hydroxyl groups is 1. The fraction of sp³-hybridized carbons (Fsp3) is 0.316. The predicted molar refractivity (Wildman–Crippen MR) is 90.9 cm³/mol. The molecule has 2 N–H and O–H groups in total. The minimum Gasteiger partial charge on any atom is -0.508 e. The van der Waals surface area contributed by atoms with E-state index >= 15 is 0 Å². The quantitative estimate of drug-likeness (QED) is 0.910. The molecule has 0 saturated carbocycles. The first-order valence-electron chi connectivity index (χ1n) is 8.29. The van der Waals surface area contributed by atoms with Gasteiger partial charge in [-0.25, -0.2) is 0 Å². The van der Waals surface area contributed by atoms with E-state index in [2.05, 4.69) is 5.32 Å². The molecule has 124 valence electrons. The van der Waals surface area contributed by atoms with E-state index in [4.69, 9.17) is 4.74 Å². The molecule has 2 heterocycles. The van der Waals surface area contributed by atoms with Gasteiger partial charge in [-0.2, -0.15) is 0 Å². The molecule has 5 nitrogen and oxygen atoms in total. The second kappa shape index (κ2) is 6.17.